The van der Waals surface area contributed by atoms with Gasteiger partial charge < -0.3 is 15.2 Å². The molecule has 0 bridgehead atoms. The van der Waals surface area contributed by atoms with Crippen molar-refractivity contribution in [1.82, 2.24) is 0 Å². The number of ether oxygens (including phenoxy) is 2. The molecule has 0 radical (unpaired) electrons. The SMILES string of the molecule is COCOc1ccc(C#CCCN)c(F)c1. The second-order valence-electron chi connectivity index (χ2n) is 3.03. The van der Waals surface area contributed by atoms with Crippen molar-refractivity contribution in [2.75, 3.05) is 20.4 Å². The maximum Gasteiger partial charge on any atom is 0.188 e. The normalized spacial score (nSPS) is 9.44. The van der Waals surface area contributed by atoms with Gasteiger partial charge in [-0.2, -0.15) is 0 Å². The number of benzene rings is 1. The van der Waals surface area contributed by atoms with Crippen LogP contribution in [0.1, 0.15) is 12.0 Å². The molecule has 3 nitrogen and oxygen atoms in total. The zero-order chi connectivity index (χ0) is 11.8. The molecule has 0 amide bonds. The Hall–Kier alpha value is -1.57. The summed E-state index contributed by atoms with van der Waals surface area (Å²) in [7, 11) is 1.50. The first kappa shape index (κ1) is 12.5. The summed E-state index contributed by atoms with van der Waals surface area (Å²) in [5.41, 5.74) is 5.63. The second-order valence-corrected chi connectivity index (χ2v) is 3.03. The van der Waals surface area contributed by atoms with Crippen molar-refractivity contribution >= 4 is 0 Å². The molecule has 0 saturated heterocycles. The number of rotatable bonds is 4. The molecule has 0 atom stereocenters. The third-order valence-electron chi connectivity index (χ3n) is 1.78. The fourth-order valence-electron chi connectivity index (χ4n) is 1.04. The molecular weight excluding hydrogens is 209 g/mol. The molecule has 0 unspecified atom stereocenters. The van der Waals surface area contributed by atoms with Crippen molar-refractivity contribution in [3.63, 3.8) is 0 Å². The van der Waals surface area contributed by atoms with E-state index in [1.807, 2.05) is 0 Å². The van der Waals surface area contributed by atoms with Crippen molar-refractivity contribution in [3.8, 4) is 17.6 Å². The lowest BCUT2D eigenvalue weighted by Gasteiger charge is -2.04. The van der Waals surface area contributed by atoms with E-state index < -0.39 is 5.82 Å². The zero-order valence-corrected chi connectivity index (χ0v) is 9.13. The fourth-order valence-corrected chi connectivity index (χ4v) is 1.04. The molecule has 86 valence electrons. The molecular formula is C12H14FNO2. The minimum atomic E-state index is -0.405. The van der Waals surface area contributed by atoms with Crippen LogP contribution < -0.4 is 10.5 Å². The highest BCUT2D eigenvalue weighted by Crippen LogP contribution is 2.15. The number of halogens is 1. The molecule has 1 rings (SSSR count). The Morgan fingerprint density at radius 1 is 1.44 bits per heavy atom. The van der Waals surface area contributed by atoms with E-state index in [0.29, 0.717) is 24.3 Å². The summed E-state index contributed by atoms with van der Waals surface area (Å²) in [6, 6.07) is 4.50. The molecule has 0 aliphatic rings. The Morgan fingerprint density at radius 3 is 2.88 bits per heavy atom. The lowest BCUT2D eigenvalue weighted by Crippen LogP contribution is -1.99. The molecule has 4 heteroatoms. The minimum Gasteiger partial charge on any atom is -0.467 e. The lowest BCUT2D eigenvalue weighted by atomic mass is 10.2. The van der Waals surface area contributed by atoms with Crippen LogP contribution in [0, 0.1) is 17.7 Å². The minimum absolute atomic E-state index is 0.0949. The summed E-state index contributed by atoms with van der Waals surface area (Å²) in [5.74, 6) is 5.50. The third-order valence-corrected chi connectivity index (χ3v) is 1.78. The van der Waals surface area contributed by atoms with Crippen LogP contribution in [-0.2, 0) is 4.74 Å². The van der Waals surface area contributed by atoms with E-state index in [4.69, 9.17) is 15.2 Å². The summed E-state index contributed by atoms with van der Waals surface area (Å²) in [5, 5.41) is 0. The van der Waals surface area contributed by atoms with E-state index in [1.165, 1.54) is 13.2 Å². The van der Waals surface area contributed by atoms with Crippen molar-refractivity contribution in [3.05, 3.63) is 29.6 Å². The van der Waals surface area contributed by atoms with Crippen molar-refractivity contribution in [2.45, 2.75) is 6.42 Å². The molecule has 0 aromatic heterocycles. The van der Waals surface area contributed by atoms with Gasteiger partial charge in [-0.1, -0.05) is 11.8 Å². The summed E-state index contributed by atoms with van der Waals surface area (Å²) in [6.07, 6.45) is 0.557. The molecule has 0 fully saturated rings. The van der Waals surface area contributed by atoms with Gasteiger partial charge in [-0.15, -0.1) is 0 Å². The molecule has 1 aromatic rings. The summed E-state index contributed by atoms with van der Waals surface area (Å²) < 4.78 is 23.2. The summed E-state index contributed by atoms with van der Waals surface area (Å²) in [6.45, 7) is 0.571. The average Bonchev–Trinajstić information content (AvgIpc) is 2.29. The van der Waals surface area contributed by atoms with Crippen LogP contribution >= 0.6 is 0 Å². The molecule has 1 aromatic carbocycles. The molecule has 0 heterocycles. The van der Waals surface area contributed by atoms with E-state index in [0.717, 1.165) is 0 Å². The molecule has 16 heavy (non-hydrogen) atoms. The maximum atomic E-state index is 13.5. The van der Waals surface area contributed by atoms with Crippen LogP contribution in [0.4, 0.5) is 4.39 Å². The Morgan fingerprint density at radius 2 is 2.25 bits per heavy atom. The van der Waals surface area contributed by atoms with Gasteiger partial charge in [-0.25, -0.2) is 4.39 Å². The molecule has 0 saturated carbocycles. The van der Waals surface area contributed by atoms with Gasteiger partial charge in [-0.3, -0.25) is 0 Å². The van der Waals surface area contributed by atoms with Crippen molar-refractivity contribution < 1.29 is 13.9 Å². The fraction of sp³-hybridized carbons (Fsp3) is 0.333. The summed E-state index contributed by atoms with van der Waals surface area (Å²) in [4.78, 5) is 0. The standard InChI is InChI=1S/C12H14FNO2/c1-15-9-16-11-6-5-10(12(13)8-11)4-2-3-7-14/h5-6,8H,3,7,9,14H2,1H3. The first-order valence-electron chi connectivity index (χ1n) is 4.88. The van der Waals surface area contributed by atoms with Crippen LogP contribution in [0.3, 0.4) is 0 Å². The Balaban J connectivity index is 2.72. The first-order valence-corrected chi connectivity index (χ1v) is 4.88. The molecule has 2 N–H and O–H groups in total. The van der Waals surface area contributed by atoms with Crippen LogP contribution in [0.25, 0.3) is 0 Å². The highest BCUT2D eigenvalue weighted by Gasteiger charge is 2.01. The van der Waals surface area contributed by atoms with Crippen LogP contribution in [0.2, 0.25) is 0 Å². The van der Waals surface area contributed by atoms with Crippen LogP contribution in [0.15, 0.2) is 18.2 Å². The van der Waals surface area contributed by atoms with Gasteiger partial charge in [0.1, 0.15) is 11.6 Å². The predicted octanol–water partition coefficient (Wildman–Crippen LogP) is 1.51. The average molecular weight is 223 g/mol. The smallest absolute Gasteiger partial charge is 0.188 e. The van der Waals surface area contributed by atoms with Gasteiger partial charge >= 0.3 is 0 Å². The maximum absolute atomic E-state index is 13.5. The van der Waals surface area contributed by atoms with Gasteiger partial charge in [0.15, 0.2) is 6.79 Å². The topological polar surface area (TPSA) is 44.5 Å². The van der Waals surface area contributed by atoms with Crippen LogP contribution in [-0.4, -0.2) is 20.4 Å². The molecule has 0 aliphatic heterocycles. The van der Waals surface area contributed by atoms with E-state index in [1.54, 1.807) is 12.1 Å². The quantitative estimate of drug-likeness (QED) is 0.621. The van der Waals surface area contributed by atoms with Gasteiger partial charge in [0, 0.05) is 26.1 Å². The molecule has 0 spiro atoms. The molecule has 0 aliphatic carbocycles. The van der Waals surface area contributed by atoms with E-state index in [9.17, 15) is 4.39 Å². The second kappa shape index (κ2) is 6.83. The monoisotopic (exact) mass is 223 g/mol. The predicted molar refractivity (Wildman–Crippen MR) is 59.5 cm³/mol. The number of nitrogens with two attached hydrogens (primary N) is 1. The van der Waals surface area contributed by atoms with Gasteiger partial charge in [0.05, 0.1) is 5.56 Å². The number of methoxy groups -OCH3 is 1. The lowest BCUT2D eigenvalue weighted by molar-refractivity contribution is 0.0509. The highest BCUT2D eigenvalue weighted by molar-refractivity contribution is 5.39. The summed E-state index contributed by atoms with van der Waals surface area (Å²) >= 11 is 0. The highest BCUT2D eigenvalue weighted by atomic mass is 19.1. The van der Waals surface area contributed by atoms with Gasteiger partial charge in [0.25, 0.3) is 0 Å². The Bertz CT molecular complexity index is 396. The largest absolute Gasteiger partial charge is 0.467 e. The van der Waals surface area contributed by atoms with E-state index >= 15 is 0 Å². The van der Waals surface area contributed by atoms with Crippen LogP contribution in [0.5, 0.6) is 5.75 Å². The van der Waals surface area contributed by atoms with Gasteiger partial charge in [-0.05, 0) is 12.1 Å². The zero-order valence-electron chi connectivity index (χ0n) is 9.13. The first-order chi connectivity index (χ1) is 7.77. The van der Waals surface area contributed by atoms with Crippen molar-refractivity contribution in [1.29, 1.82) is 0 Å². The number of hydrogen-bond acceptors (Lipinski definition) is 3. The van der Waals surface area contributed by atoms with Crippen molar-refractivity contribution in [2.24, 2.45) is 5.73 Å². The number of hydrogen-bond donors (Lipinski definition) is 1. The van der Waals surface area contributed by atoms with E-state index in [-0.39, 0.29) is 6.79 Å². The van der Waals surface area contributed by atoms with E-state index in [2.05, 4.69) is 11.8 Å². The Kier molecular flexibility index (Phi) is 5.34. The Labute approximate surface area is 94.4 Å². The van der Waals surface area contributed by atoms with Gasteiger partial charge in [0.2, 0.25) is 0 Å². The third kappa shape index (κ3) is 3.89.